The lowest BCUT2D eigenvalue weighted by Gasteiger charge is -2.42. The van der Waals surface area contributed by atoms with Gasteiger partial charge in [-0.1, -0.05) is 30.7 Å². The number of methoxy groups -OCH3 is 2. The van der Waals surface area contributed by atoms with Gasteiger partial charge in [0.15, 0.2) is 0 Å². The van der Waals surface area contributed by atoms with Crippen LogP contribution in [0.2, 0.25) is 0 Å². The highest BCUT2D eigenvalue weighted by molar-refractivity contribution is 5.80. The van der Waals surface area contributed by atoms with Crippen molar-refractivity contribution in [3.05, 3.63) is 42.0 Å². The summed E-state index contributed by atoms with van der Waals surface area (Å²) in [6, 6.07) is 7.93. The van der Waals surface area contributed by atoms with Crippen LogP contribution in [0, 0.1) is 17.8 Å². The largest absolute Gasteiger partial charge is 0.497 e. The van der Waals surface area contributed by atoms with Crippen LogP contribution in [0.15, 0.2) is 36.4 Å². The highest BCUT2D eigenvalue weighted by atomic mass is 16.5. The molecule has 0 bridgehead atoms. The van der Waals surface area contributed by atoms with Crippen molar-refractivity contribution in [2.45, 2.75) is 51.2 Å². The van der Waals surface area contributed by atoms with Crippen molar-refractivity contribution < 1.29 is 23.8 Å². The third kappa shape index (κ3) is 6.08. The number of ether oxygens (including phenoxy) is 3. The zero-order valence-corrected chi connectivity index (χ0v) is 18.0. The maximum atomic E-state index is 11.9. The van der Waals surface area contributed by atoms with Crippen molar-refractivity contribution in [2.75, 3.05) is 20.8 Å². The molecule has 164 valence electrons. The third-order valence-electron chi connectivity index (χ3n) is 6.27. The van der Waals surface area contributed by atoms with Crippen LogP contribution in [0.1, 0.15) is 44.1 Å². The standard InChI is InChI=1S/C24H33NO5/c1-28-21-11-6-17(7-12-21)16-30-14-4-3-5-18-8-9-19-15-20(26)10-13-22(19)23(18)25-24(27)29-2/h6-9,11-12,18-19,22-23H,3-5,10,13-16H2,1-2H3,(H,25,27)/t18-,19-,22-,23-/m1/s1. The number of unbranched alkanes of at least 4 members (excludes halogenated alkanes) is 1. The molecule has 1 amide bonds. The van der Waals surface area contributed by atoms with Gasteiger partial charge in [-0.2, -0.15) is 0 Å². The highest BCUT2D eigenvalue weighted by Crippen LogP contribution is 2.39. The Morgan fingerprint density at radius 3 is 2.67 bits per heavy atom. The molecule has 1 aromatic carbocycles. The summed E-state index contributed by atoms with van der Waals surface area (Å²) in [5.41, 5.74) is 1.13. The highest BCUT2D eigenvalue weighted by Gasteiger charge is 2.40. The Labute approximate surface area is 179 Å². The third-order valence-corrected chi connectivity index (χ3v) is 6.27. The van der Waals surface area contributed by atoms with Gasteiger partial charge in [-0.3, -0.25) is 4.79 Å². The first-order valence-electron chi connectivity index (χ1n) is 10.9. The van der Waals surface area contributed by atoms with E-state index >= 15 is 0 Å². The van der Waals surface area contributed by atoms with E-state index in [1.807, 2.05) is 24.3 Å². The Hall–Kier alpha value is -2.34. The zero-order chi connectivity index (χ0) is 21.3. The second-order valence-corrected chi connectivity index (χ2v) is 8.22. The fourth-order valence-electron chi connectivity index (χ4n) is 4.62. The smallest absolute Gasteiger partial charge is 0.407 e. The molecular formula is C24H33NO5. The van der Waals surface area contributed by atoms with E-state index in [1.165, 1.54) is 7.11 Å². The summed E-state index contributed by atoms with van der Waals surface area (Å²) in [6.07, 6.45) is 9.01. The van der Waals surface area contributed by atoms with Crippen LogP contribution >= 0.6 is 0 Å². The predicted molar refractivity (Wildman–Crippen MR) is 114 cm³/mol. The minimum atomic E-state index is -0.390. The van der Waals surface area contributed by atoms with Crippen molar-refractivity contribution in [3.63, 3.8) is 0 Å². The lowest BCUT2D eigenvalue weighted by atomic mass is 9.67. The van der Waals surface area contributed by atoms with E-state index in [0.29, 0.717) is 37.8 Å². The zero-order valence-electron chi connectivity index (χ0n) is 18.0. The van der Waals surface area contributed by atoms with E-state index in [1.54, 1.807) is 7.11 Å². The van der Waals surface area contributed by atoms with Crippen molar-refractivity contribution in [1.29, 1.82) is 0 Å². The SMILES string of the molecule is COC(=O)N[C@H]1[C@@H]2CCC(=O)C[C@H]2C=C[C@H]1CCCCOCc1ccc(OC)cc1. The van der Waals surface area contributed by atoms with Gasteiger partial charge in [-0.25, -0.2) is 4.79 Å². The molecule has 1 fully saturated rings. The monoisotopic (exact) mass is 415 g/mol. The molecule has 2 aliphatic rings. The summed E-state index contributed by atoms with van der Waals surface area (Å²) in [5.74, 6) is 1.98. The molecule has 0 saturated heterocycles. The molecule has 0 aliphatic heterocycles. The Kier molecular flexibility index (Phi) is 8.31. The van der Waals surface area contributed by atoms with Crippen LogP contribution in [0.5, 0.6) is 5.75 Å². The summed E-state index contributed by atoms with van der Waals surface area (Å²) in [4.78, 5) is 23.7. The van der Waals surface area contributed by atoms with Gasteiger partial charge in [-0.05, 0) is 54.7 Å². The molecule has 0 spiro atoms. The molecule has 30 heavy (non-hydrogen) atoms. The number of alkyl carbamates (subject to hydrolysis) is 1. The van der Waals surface area contributed by atoms with Gasteiger partial charge in [0.25, 0.3) is 0 Å². The first-order valence-corrected chi connectivity index (χ1v) is 10.9. The van der Waals surface area contributed by atoms with Gasteiger partial charge in [0.05, 0.1) is 20.8 Å². The number of ketones is 1. The van der Waals surface area contributed by atoms with Gasteiger partial charge in [0, 0.05) is 25.5 Å². The number of benzene rings is 1. The maximum absolute atomic E-state index is 11.9. The Bertz CT molecular complexity index is 730. The Morgan fingerprint density at radius 1 is 1.13 bits per heavy atom. The molecule has 0 heterocycles. The van der Waals surface area contributed by atoms with Gasteiger partial charge in [-0.15, -0.1) is 0 Å². The normalized spacial score (nSPS) is 25.5. The Morgan fingerprint density at radius 2 is 1.93 bits per heavy atom. The Balaban J connectivity index is 1.44. The van der Waals surface area contributed by atoms with E-state index in [2.05, 4.69) is 17.5 Å². The quantitative estimate of drug-likeness (QED) is 0.481. The van der Waals surface area contributed by atoms with Crippen molar-refractivity contribution in [3.8, 4) is 5.75 Å². The summed E-state index contributed by atoms with van der Waals surface area (Å²) >= 11 is 0. The number of hydrogen-bond donors (Lipinski definition) is 1. The van der Waals surface area contributed by atoms with Crippen LogP contribution in [0.25, 0.3) is 0 Å². The van der Waals surface area contributed by atoms with Gasteiger partial charge in [0.1, 0.15) is 11.5 Å². The number of nitrogens with one attached hydrogen (secondary N) is 1. The molecule has 1 N–H and O–H groups in total. The second-order valence-electron chi connectivity index (χ2n) is 8.22. The molecule has 6 nitrogen and oxygen atoms in total. The van der Waals surface area contributed by atoms with Gasteiger partial charge < -0.3 is 19.5 Å². The molecule has 1 saturated carbocycles. The molecule has 4 atom stereocenters. The first kappa shape index (κ1) is 22.3. The minimum Gasteiger partial charge on any atom is -0.497 e. The number of rotatable bonds is 9. The number of Topliss-reactive ketones (excluding diaryl/α,β-unsaturated/α-hetero) is 1. The molecular weight excluding hydrogens is 382 g/mol. The minimum absolute atomic E-state index is 0.0285. The molecule has 0 unspecified atom stereocenters. The number of carbonyl (C=O) groups is 2. The van der Waals surface area contributed by atoms with E-state index in [0.717, 1.165) is 37.0 Å². The number of amides is 1. The molecule has 0 radical (unpaired) electrons. The van der Waals surface area contributed by atoms with Crippen LogP contribution in [-0.4, -0.2) is 38.7 Å². The lowest BCUT2D eigenvalue weighted by Crippen LogP contribution is -2.50. The first-order chi connectivity index (χ1) is 14.6. The maximum Gasteiger partial charge on any atom is 0.407 e. The number of fused-ring (bicyclic) bond motifs is 1. The molecule has 6 heteroatoms. The lowest BCUT2D eigenvalue weighted by molar-refractivity contribution is -0.122. The van der Waals surface area contributed by atoms with Gasteiger partial charge in [0.2, 0.25) is 0 Å². The van der Waals surface area contributed by atoms with Crippen LogP contribution in [0.3, 0.4) is 0 Å². The predicted octanol–water partition coefficient (Wildman–Crippen LogP) is 4.28. The molecule has 2 aliphatic carbocycles. The van der Waals surface area contributed by atoms with E-state index in [9.17, 15) is 9.59 Å². The summed E-state index contributed by atoms with van der Waals surface area (Å²) in [6.45, 7) is 1.30. The van der Waals surface area contributed by atoms with Gasteiger partial charge >= 0.3 is 6.09 Å². The molecule has 1 aromatic rings. The van der Waals surface area contributed by atoms with Crippen molar-refractivity contribution in [2.24, 2.45) is 17.8 Å². The van der Waals surface area contributed by atoms with E-state index in [-0.39, 0.29) is 17.9 Å². The fraction of sp³-hybridized carbons (Fsp3) is 0.583. The average molecular weight is 416 g/mol. The summed E-state index contributed by atoms with van der Waals surface area (Å²) < 4.78 is 15.8. The van der Waals surface area contributed by atoms with Crippen LogP contribution < -0.4 is 10.1 Å². The summed E-state index contributed by atoms with van der Waals surface area (Å²) in [5, 5.41) is 3.05. The number of carbonyl (C=O) groups excluding carboxylic acids is 2. The van der Waals surface area contributed by atoms with Crippen LogP contribution in [0.4, 0.5) is 4.79 Å². The van der Waals surface area contributed by atoms with E-state index < -0.39 is 6.09 Å². The van der Waals surface area contributed by atoms with Crippen molar-refractivity contribution >= 4 is 11.9 Å². The average Bonchev–Trinajstić information content (AvgIpc) is 2.77. The topological polar surface area (TPSA) is 73.9 Å². The molecule has 0 aromatic heterocycles. The summed E-state index contributed by atoms with van der Waals surface area (Å²) in [7, 11) is 3.05. The fourth-order valence-corrected chi connectivity index (χ4v) is 4.62. The van der Waals surface area contributed by atoms with E-state index in [4.69, 9.17) is 14.2 Å². The second kappa shape index (κ2) is 11.2. The number of hydrogen-bond acceptors (Lipinski definition) is 5. The van der Waals surface area contributed by atoms with Crippen LogP contribution in [-0.2, 0) is 20.9 Å². The molecule has 3 rings (SSSR count). The van der Waals surface area contributed by atoms with Crippen molar-refractivity contribution in [1.82, 2.24) is 5.32 Å². The number of allylic oxidation sites excluding steroid dienone is 1.